The molecule has 3 nitrogen and oxygen atoms in total. The maximum Gasteiger partial charge on any atom is 0.127 e. The third kappa shape index (κ3) is 2.20. The van der Waals surface area contributed by atoms with Gasteiger partial charge in [-0.15, -0.1) is 0 Å². The number of fused-ring (bicyclic) bond motifs is 1. The minimum atomic E-state index is 0.427. The van der Waals surface area contributed by atoms with Crippen molar-refractivity contribution in [3.8, 4) is 11.5 Å². The molecule has 2 aliphatic rings. The van der Waals surface area contributed by atoms with E-state index in [1.807, 2.05) is 0 Å². The predicted octanol–water partition coefficient (Wildman–Crippen LogP) is 3.01. The fourth-order valence-electron chi connectivity index (χ4n) is 3.53. The van der Waals surface area contributed by atoms with E-state index >= 15 is 0 Å². The SMILES string of the molecule is COc1cc(C2CCCN2)c(OC)c2c1CCCC2. The second-order valence-electron chi connectivity index (χ2n) is 5.51. The lowest BCUT2D eigenvalue weighted by molar-refractivity contribution is 0.380. The van der Waals surface area contributed by atoms with E-state index < -0.39 is 0 Å². The molecule has 1 aromatic rings. The van der Waals surface area contributed by atoms with Crippen LogP contribution in [0.3, 0.4) is 0 Å². The number of methoxy groups -OCH3 is 2. The summed E-state index contributed by atoms with van der Waals surface area (Å²) in [5, 5.41) is 3.57. The number of benzene rings is 1. The Bertz CT molecular complexity index is 464. The highest BCUT2D eigenvalue weighted by molar-refractivity contribution is 5.56. The topological polar surface area (TPSA) is 30.5 Å². The number of ether oxygens (including phenoxy) is 2. The molecule has 0 bridgehead atoms. The van der Waals surface area contributed by atoms with Gasteiger partial charge >= 0.3 is 0 Å². The van der Waals surface area contributed by atoms with E-state index in [1.165, 1.54) is 42.4 Å². The Morgan fingerprint density at radius 3 is 2.47 bits per heavy atom. The summed E-state index contributed by atoms with van der Waals surface area (Å²) in [6, 6.07) is 2.63. The molecule has 1 fully saturated rings. The molecule has 1 unspecified atom stereocenters. The van der Waals surface area contributed by atoms with E-state index in [1.54, 1.807) is 14.2 Å². The number of hydrogen-bond acceptors (Lipinski definition) is 3. The number of rotatable bonds is 3. The van der Waals surface area contributed by atoms with E-state index in [0.29, 0.717) is 6.04 Å². The first-order chi connectivity index (χ1) is 9.35. The second kappa shape index (κ2) is 5.41. The van der Waals surface area contributed by atoms with Gasteiger partial charge in [0, 0.05) is 22.7 Å². The van der Waals surface area contributed by atoms with Crippen molar-refractivity contribution in [2.75, 3.05) is 20.8 Å². The fraction of sp³-hybridized carbons (Fsp3) is 0.625. The van der Waals surface area contributed by atoms with Gasteiger partial charge in [0.05, 0.1) is 14.2 Å². The van der Waals surface area contributed by atoms with Gasteiger partial charge in [-0.2, -0.15) is 0 Å². The third-order valence-corrected chi connectivity index (χ3v) is 4.45. The van der Waals surface area contributed by atoms with Gasteiger partial charge in [-0.05, 0) is 51.1 Å². The highest BCUT2D eigenvalue weighted by Crippen LogP contribution is 2.42. The molecular formula is C16H23NO2. The molecule has 1 aliphatic heterocycles. The van der Waals surface area contributed by atoms with Crippen LogP contribution in [0, 0.1) is 0 Å². The van der Waals surface area contributed by atoms with Crippen LogP contribution in [0.2, 0.25) is 0 Å². The van der Waals surface area contributed by atoms with Crippen molar-refractivity contribution >= 4 is 0 Å². The van der Waals surface area contributed by atoms with Crippen LogP contribution < -0.4 is 14.8 Å². The lowest BCUT2D eigenvalue weighted by Crippen LogP contribution is -2.17. The predicted molar refractivity (Wildman–Crippen MR) is 76.2 cm³/mol. The molecule has 0 aromatic heterocycles. The summed E-state index contributed by atoms with van der Waals surface area (Å²) in [6.07, 6.45) is 7.19. The second-order valence-corrected chi connectivity index (χ2v) is 5.51. The first-order valence-electron chi connectivity index (χ1n) is 7.35. The van der Waals surface area contributed by atoms with Crippen molar-refractivity contribution in [2.24, 2.45) is 0 Å². The van der Waals surface area contributed by atoms with Crippen LogP contribution >= 0.6 is 0 Å². The summed E-state index contributed by atoms with van der Waals surface area (Å²) in [5.74, 6) is 2.16. The van der Waals surface area contributed by atoms with Gasteiger partial charge in [0.2, 0.25) is 0 Å². The molecule has 1 N–H and O–H groups in total. The molecule has 0 saturated carbocycles. The van der Waals surface area contributed by atoms with Crippen LogP contribution in [-0.4, -0.2) is 20.8 Å². The molecule has 3 heteroatoms. The quantitative estimate of drug-likeness (QED) is 0.907. The van der Waals surface area contributed by atoms with Crippen LogP contribution in [0.25, 0.3) is 0 Å². The zero-order valence-corrected chi connectivity index (χ0v) is 11.9. The van der Waals surface area contributed by atoms with Gasteiger partial charge in [0.1, 0.15) is 11.5 Å². The van der Waals surface area contributed by atoms with Crippen molar-refractivity contribution < 1.29 is 9.47 Å². The van der Waals surface area contributed by atoms with Gasteiger partial charge in [-0.25, -0.2) is 0 Å². The van der Waals surface area contributed by atoms with Crippen LogP contribution in [0.4, 0.5) is 0 Å². The van der Waals surface area contributed by atoms with Gasteiger partial charge in [-0.1, -0.05) is 0 Å². The van der Waals surface area contributed by atoms with Gasteiger partial charge in [0.25, 0.3) is 0 Å². The van der Waals surface area contributed by atoms with E-state index in [4.69, 9.17) is 9.47 Å². The molecule has 3 rings (SSSR count). The zero-order chi connectivity index (χ0) is 13.2. The maximum atomic E-state index is 5.76. The first-order valence-corrected chi connectivity index (χ1v) is 7.35. The molecular weight excluding hydrogens is 238 g/mol. The molecule has 19 heavy (non-hydrogen) atoms. The van der Waals surface area contributed by atoms with E-state index in [2.05, 4.69) is 11.4 Å². The van der Waals surface area contributed by atoms with Gasteiger partial charge in [-0.3, -0.25) is 0 Å². The van der Waals surface area contributed by atoms with E-state index in [-0.39, 0.29) is 0 Å². The standard InChI is InChI=1S/C16H23NO2/c1-18-15-10-13(14-8-5-9-17-14)16(19-2)12-7-4-3-6-11(12)15/h10,14,17H,3-9H2,1-2H3. The average molecular weight is 261 g/mol. The molecule has 0 amide bonds. The summed E-state index contributed by atoms with van der Waals surface area (Å²) in [6.45, 7) is 1.10. The zero-order valence-electron chi connectivity index (χ0n) is 11.9. The Kier molecular flexibility index (Phi) is 3.65. The van der Waals surface area contributed by atoms with Gasteiger partial charge in [0.15, 0.2) is 0 Å². The minimum Gasteiger partial charge on any atom is -0.496 e. The summed E-state index contributed by atoms with van der Waals surface area (Å²) in [7, 11) is 3.58. The Balaban J connectivity index is 2.12. The number of nitrogens with one attached hydrogen (secondary N) is 1. The summed E-state index contributed by atoms with van der Waals surface area (Å²) < 4.78 is 11.4. The summed E-state index contributed by atoms with van der Waals surface area (Å²) >= 11 is 0. The molecule has 1 saturated heterocycles. The number of hydrogen-bond donors (Lipinski definition) is 1. The Morgan fingerprint density at radius 2 is 1.84 bits per heavy atom. The fourth-order valence-corrected chi connectivity index (χ4v) is 3.53. The van der Waals surface area contributed by atoms with Crippen molar-refractivity contribution in [1.29, 1.82) is 0 Å². The van der Waals surface area contributed by atoms with Crippen molar-refractivity contribution in [2.45, 2.75) is 44.6 Å². The molecule has 1 atom stereocenters. The molecule has 1 aliphatic carbocycles. The van der Waals surface area contributed by atoms with E-state index in [9.17, 15) is 0 Å². The average Bonchev–Trinajstić information content (AvgIpc) is 2.99. The minimum absolute atomic E-state index is 0.427. The van der Waals surface area contributed by atoms with Crippen molar-refractivity contribution in [3.05, 3.63) is 22.8 Å². The summed E-state index contributed by atoms with van der Waals surface area (Å²) in [5.41, 5.74) is 4.04. The summed E-state index contributed by atoms with van der Waals surface area (Å²) in [4.78, 5) is 0. The smallest absolute Gasteiger partial charge is 0.127 e. The molecule has 104 valence electrons. The van der Waals surface area contributed by atoms with Crippen LogP contribution in [0.15, 0.2) is 6.07 Å². The van der Waals surface area contributed by atoms with Crippen LogP contribution in [0.1, 0.15) is 48.4 Å². The third-order valence-electron chi connectivity index (χ3n) is 4.45. The van der Waals surface area contributed by atoms with Crippen LogP contribution in [0.5, 0.6) is 11.5 Å². The molecule has 1 heterocycles. The molecule has 1 aromatic carbocycles. The largest absolute Gasteiger partial charge is 0.496 e. The molecule has 0 spiro atoms. The Hall–Kier alpha value is -1.22. The monoisotopic (exact) mass is 261 g/mol. The maximum absolute atomic E-state index is 5.76. The highest BCUT2D eigenvalue weighted by atomic mass is 16.5. The Morgan fingerprint density at radius 1 is 1.05 bits per heavy atom. The first kappa shape index (κ1) is 12.8. The van der Waals surface area contributed by atoms with Crippen molar-refractivity contribution in [3.63, 3.8) is 0 Å². The Labute approximate surface area is 115 Å². The van der Waals surface area contributed by atoms with Crippen molar-refractivity contribution in [1.82, 2.24) is 5.32 Å². The lowest BCUT2D eigenvalue weighted by Gasteiger charge is -2.26. The highest BCUT2D eigenvalue weighted by Gasteiger charge is 2.27. The lowest BCUT2D eigenvalue weighted by atomic mass is 9.86. The molecule has 0 radical (unpaired) electrons. The van der Waals surface area contributed by atoms with Gasteiger partial charge < -0.3 is 14.8 Å². The normalized spacial score (nSPS) is 22.1. The van der Waals surface area contributed by atoms with E-state index in [0.717, 1.165) is 30.9 Å². The van der Waals surface area contributed by atoms with Crippen LogP contribution in [-0.2, 0) is 12.8 Å².